The Morgan fingerprint density at radius 3 is 2.54 bits per heavy atom. The summed E-state index contributed by atoms with van der Waals surface area (Å²) in [6.07, 6.45) is 3.21. The summed E-state index contributed by atoms with van der Waals surface area (Å²) in [5.74, 6) is 0.0314. The van der Waals surface area contributed by atoms with Gasteiger partial charge in [0.15, 0.2) is 0 Å². The number of carbonyl (C=O) groups is 2. The predicted octanol–water partition coefficient (Wildman–Crippen LogP) is 3.66. The molecule has 0 saturated heterocycles. The monoisotopic (exact) mass is 503 g/mol. The van der Waals surface area contributed by atoms with Crippen molar-refractivity contribution in [2.45, 2.75) is 52.4 Å². The smallest absolute Gasteiger partial charge is 0.315 e. The van der Waals surface area contributed by atoms with Crippen LogP contribution in [0.1, 0.15) is 44.4 Å². The average molecular weight is 504 g/mol. The van der Waals surface area contributed by atoms with E-state index in [9.17, 15) is 14.7 Å². The maximum absolute atomic E-state index is 12.8. The van der Waals surface area contributed by atoms with E-state index in [0.717, 1.165) is 42.0 Å². The van der Waals surface area contributed by atoms with Gasteiger partial charge in [-0.1, -0.05) is 30.3 Å². The topological polar surface area (TPSA) is 81.5 Å². The van der Waals surface area contributed by atoms with Crippen molar-refractivity contribution in [2.24, 2.45) is 0 Å². The van der Waals surface area contributed by atoms with Crippen LogP contribution in [0.5, 0.6) is 0 Å². The standard InChI is InChI=1S/C29H37N5O3/c1-6-33(29(36)37)27-16-21(2)34(5,22(3)35)28-13-12-24(17-26(27)28)25-18-30-32(20-25)15-14-31(4)19-23-10-8-7-9-11-23/h7-13,17-18,20-21,27H,6,14-16,19H2,1-5H3/t21-,27+,34?/m0/s1. The van der Waals surface area contributed by atoms with Crippen molar-refractivity contribution in [3.63, 3.8) is 0 Å². The summed E-state index contributed by atoms with van der Waals surface area (Å²) >= 11 is 0. The molecule has 2 heterocycles. The third-order valence-electron chi connectivity index (χ3n) is 7.91. The molecule has 8 heteroatoms. The first-order chi connectivity index (χ1) is 17.6. The van der Waals surface area contributed by atoms with Gasteiger partial charge in [-0.3, -0.25) is 4.68 Å². The highest BCUT2D eigenvalue weighted by Crippen LogP contribution is 2.45. The Bertz CT molecular complexity index is 1260. The van der Waals surface area contributed by atoms with Crippen LogP contribution in [0.4, 0.5) is 10.5 Å². The largest absolute Gasteiger partial charge is 0.530 e. The van der Waals surface area contributed by atoms with Crippen molar-refractivity contribution in [1.82, 2.24) is 24.1 Å². The van der Waals surface area contributed by atoms with Crippen molar-refractivity contribution in [3.05, 3.63) is 72.1 Å². The van der Waals surface area contributed by atoms with Gasteiger partial charge < -0.3 is 19.7 Å². The van der Waals surface area contributed by atoms with Gasteiger partial charge in [-0.15, -0.1) is 0 Å². The number of hydrogen-bond acceptors (Lipinski definition) is 5. The van der Waals surface area contributed by atoms with Crippen LogP contribution >= 0.6 is 0 Å². The minimum atomic E-state index is -1.19. The Labute approximate surface area is 219 Å². The van der Waals surface area contributed by atoms with Gasteiger partial charge in [-0.2, -0.15) is 5.10 Å². The lowest BCUT2D eigenvalue weighted by Crippen LogP contribution is -2.60. The summed E-state index contributed by atoms with van der Waals surface area (Å²) < 4.78 is 2.08. The van der Waals surface area contributed by atoms with Gasteiger partial charge in [0.05, 0.1) is 38.8 Å². The number of fused-ring (bicyclic) bond motifs is 1. The van der Waals surface area contributed by atoms with E-state index in [1.54, 1.807) is 6.92 Å². The molecule has 1 aromatic heterocycles. The number of benzene rings is 2. The first-order valence-corrected chi connectivity index (χ1v) is 12.9. The van der Waals surface area contributed by atoms with Gasteiger partial charge in [-0.05, 0) is 44.2 Å². The van der Waals surface area contributed by atoms with Crippen LogP contribution in [0.3, 0.4) is 0 Å². The first-order valence-electron chi connectivity index (χ1n) is 12.9. The van der Waals surface area contributed by atoms with Gasteiger partial charge in [0.1, 0.15) is 11.8 Å². The molecule has 8 nitrogen and oxygen atoms in total. The molecule has 1 aliphatic rings. The Morgan fingerprint density at radius 2 is 1.89 bits per heavy atom. The summed E-state index contributed by atoms with van der Waals surface area (Å²) in [6.45, 7) is 8.22. The zero-order valence-electron chi connectivity index (χ0n) is 22.4. The van der Waals surface area contributed by atoms with Crippen molar-refractivity contribution in [2.75, 3.05) is 27.2 Å². The van der Waals surface area contributed by atoms with Crippen LogP contribution in [0.25, 0.3) is 11.1 Å². The third-order valence-corrected chi connectivity index (χ3v) is 7.91. The highest BCUT2D eigenvalue weighted by molar-refractivity contribution is 5.89. The molecule has 2 amide bonds. The summed E-state index contributed by atoms with van der Waals surface area (Å²) in [5, 5.41) is 16.5. The number of carboxylic acid groups (broad SMARTS) is 1. The second-order valence-corrected chi connectivity index (χ2v) is 10.2. The van der Waals surface area contributed by atoms with Gasteiger partial charge in [0.25, 0.3) is 0 Å². The molecule has 0 spiro atoms. The number of quaternary nitrogens is 1. The van der Waals surface area contributed by atoms with Crippen LogP contribution in [0.2, 0.25) is 0 Å². The first kappa shape index (κ1) is 26.6. The molecule has 2 aromatic carbocycles. The van der Waals surface area contributed by atoms with E-state index in [1.165, 1.54) is 10.5 Å². The van der Waals surface area contributed by atoms with Crippen molar-refractivity contribution in [3.8, 4) is 11.1 Å². The molecule has 3 aromatic rings. The molecule has 0 radical (unpaired) electrons. The highest BCUT2D eigenvalue weighted by Gasteiger charge is 2.47. The van der Waals surface area contributed by atoms with Gasteiger partial charge in [0, 0.05) is 49.4 Å². The Hall–Kier alpha value is -3.49. The fourth-order valence-corrected chi connectivity index (χ4v) is 5.46. The van der Waals surface area contributed by atoms with E-state index in [-0.39, 0.29) is 22.5 Å². The molecule has 0 fully saturated rings. The lowest BCUT2D eigenvalue weighted by atomic mass is 9.86. The molecule has 0 aliphatic carbocycles. The fraction of sp³-hybridized carbons (Fsp3) is 0.414. The van der Waals surface area contributed by atoms with E-state index in [0.29, 0.717) is 13.0 Å². The molecule has 196 valence electrons. The van der Waals surface area contributed by atoms with Gasteiger partial charge in [0.2, 0.25) is 0 Å². The fourth-order valence-electron chi connectivity index (χ4n) is 5.46. The number of aromatic nitrogens is 2. The quantitative estimate of drug-likeness (QED) is 0.438. The minimum Gasteiger partial charge on any atom is -0.530 e. The molecule has 0 N–H and O–H groups in total. The van der Waals surface area contributed by atoms with Crippen LogP contribution in [-0.4, -0.2) is 64.8 Å². The number of hydrogen-bond donors (Lipinski definition) is 0. The van der Waals surface area contributed by atoms with Crippen molar-refractivity contribution < 1.29 is 14.7 Å². The highest BCUT2D eigenvalue weighted by atomic mass is 16.4. The van der Waals surface area contributed by atoms with Gasteiger partial charge >= 0.3 is 5.91 Å². The summed E-state index contributed by atoms with van der Waals surface area (Å²) in [6, 6.07) is 16.0. The minimum absolute atomic E-state index is 0.0314. The van der Waals surface area contributed by atoms with E-state index in [1.807, 2.05) is 62.2 Å². The number of amides is 2. The molecular formula is C29H37N5O3. The molecule has 3 atom stereocenters. The zero-order chi connectivity index (χ0) is 26.7. The van der Waals surface area contributed by atoms with Crippen LogP contribution in [0.15, 0.2) is 60.9 Å². The number of carbonyl (C=O) groups excluding carboxylic acids is 2. The lowest BCUT2D eigenvalue weighted by molar-refractivity contribution is -0.268. The van der Waals surface area contributed by atoms with E-state index in [4.69, 9.17) is 0 Å². The molecule has 0 saturated carbocycles. The second kappa shape index (κ2) is 10.9. The molecule has 0 bridgehead atoms. The molecule has 37 heavy (non-hydrogen) atoms. The molecule has 4 rings (SSSR count). The maximum Gasteiger partial charge on any atom is 0.315 e. The van der Waals surface area contributed by atoms with Crippen LogP contribution < -0.4 is 9.59 Å². The van der Waals surface area contributed by atoms with E-state index in [2.05, 4.69) is 41.3 Å². The second-order valence-electron chi connectivity index (χ2n) is 10.2. The third kappa shape index (κ3) is 5.31. The predicted molar refractivity (Wildman–Crippen MR) is 143 cm³/mol. The zero-order valence-corrected chi connectivity index (χ0v) is 22.4. The Morgan fingerprint density at radius 1 is 1.16 bits per heavy atom. The lowest BCUT2D eigenvalue weighted by Gasteiger charge is -2.46. The molecule has 1 unspecified atom stereocenters. The van der Waals surface area contributed by atoms with E-state index >= 15 is 0 Å². The normalized spacial score (nSPS) is 21.0. The number of nitrogens with zero attached hydrogens (tertiary/aromatic N) is 5. The summed E-state index contributed by atoms with van der Waals surface area (Å²) in [7, 11) is 4.02. The van der Waals surface area contributed by atoms with Crippen molar-refractivity contribution >= 4 is 17.7 Å². The maximum atomic E-state index is 12.8. The summed E-state index contributed by atoms with van der Waals surface area (Å²) in [4.78, 5) is 28.4. The van der Waals surface area contributed by atoms with Crippen LogP contribution in [-0.2, 0) is 17.9 Å². The van der Waals surface area contributed by atoms with Gasteiger partial charge in [-0.25, -0.2) is 9.28 Å². The number of rotatable bonds is 8. The Balaban J connectivity index is 1.59. The summed E-state index contributed by atoms with van der Waals surface area (Å²) in [5.41, 5.74) is 4.88. The molecule has 1 aliphatic heterocycles. The SMILES string of the molecule is CCN(C(=O)[O-])[C@@H]1C[C@H](C)[N+](C)(C(C)=O)c2ccc(-c3cnn(CCN(C)Cc4ccccc4)c3)cc21. The van der Waals surface area contributed by atoms with Crippen molar-refractivity contribution in [1.29, 1.82) is 0 Å². The number of likely N-dealkylation sites (N-methyl/N-ethyl adjacent to an activating group) is 1. The van der Waals surface area contributed by atoms with E-state index < -0.39 is 6.09 Å². The Kier molecular flexibility index (Phi) is 7.80. The average Bonchev–Trinajstić information content (AvgIpc) is 3.35. The molecular weight excluding hydrogens is 466 g/mol. The van der Waals surface area contributed by atoms with Crippen LogP contribution in [0, 0.1) is 0 Å².